The number of amides is 1. The lowest BCUT2D eigenvalue weighted by atomic mass is 10.2. The first-order chi connectivity index (χ1) is 19.2. The molecule has 2 aromatic carbocycles. The average Bonchev–Trinajstić information content (AvgIpc) is 2.91. The van der Waals surface area contributed by atoms with Gasteiger partial charge < -0.3 is 22.3 Å². The molecule has 0 fully saturated rings. The number of anilines is 2. The lowest BCUT2D eigenvalue weighted by Gasteiger charge is -2.11. The Morgan fingerprint density at radius 2 is 1.54 bits per heavy atom. The molecule has 2 N–H and O–H groups in total. The molecule has 0 bridgehead atoms. The molecule has 0 saturated heterocycles. The Morgan fingerprint density at radius 1 is 0.878 bits per heavy atom. The van der Waals surface area contributed by atoms with Gasteiger partial charge in [-0.2, -0.15) is 0 Å². The molecule has 1 amide bonds. The quantitative estimate of drug-likeness (QED) is 0.144. The van der Waals surface area contributed by atoms with E-state index in [-0.39, 0.29) is 32.9 Å². The van der Waals surface area contributed by atoms with E-state index in [9.17, 15) is 18.0 Å². The van der Waals surface area contributed by atoms with Crippen molar-refractivity contribution in [3.63, 3.8) is 0 Å². The van der Waals surface area contributed by atoms with Crippen LogP contribution in [0.1, 0.15) is 41.0 Å². The number of carbonyl (C=O) groups excluding carboxylic acids is 2. The highest BCUT2D eigenvalue weighted by Gasteiger charge is 2.18. The van der Waals surface area contributed by atoms with Crippen molar-refractivity contribution < 1.29 is 39.6 Å². The van der Waals surface area contributed by atoms with Gasteiger partial charge in [0, 0.05) is 46.9 Å². The first-order valence-corrected chi connectivity index (χ1v) is 15.0. The molecule has 4 aromatic rings. The number of halogens is 1. The molecule has 2 heterocycles. The number of thioether (sulfide) groups is 1. The van der Waals surface area contributed by atoms with Crippen molar-refractivity contribution in [1.82, 2.24) is 9.97 Å². The summed E-state index contributed by atoms with van der Waals surface area (Å²) >= 11 is 1.06. The SMILES string of the molecule is Cc1cc(C)nc(NS(=O)(=O)c2ccc(NC(=O)c3ccccc3SC(=O)CCCC[n+]3ccccc3)cc2)n1.[Br-]. The molecular formula is C29H30BrN5O4S2. The van der Waals surface area contributed by atoms with Gasteiger partial charge in [0.2, 0.25) is 5.95 Å². The van der Waals surface area contributed by atoms with Crippen LogP contribution in [0.3, 0.4) is 0 Å². The topological polar surface area (TPSA) is 122 Å². The van der Waals surface area contributed by atoms with Crippen molar-refractivity contribution in [2.24, 2.45) is 0 Å². The van der Waals surface area contributed by atoms with Crippen molar-refractivity contribution in [3.8, 4) is 0 Å². The highest BCUT2D eigenvalue weighted by molar-refractivity contribution is 8.13. The molecule has 41 heavy (non-hydrogen) atoms. The minimum atomic E-state index is -3.92. The summed E-state index contributed by atoms with van der Waals surface area (Å²) in [5.41, 5.74) is 2.07. The number of nitrogens with zero attached hydrogens (tertiary/aromatic N) is 3. The third-order valence-electron chi connectivity index (χ3n) is 5.81. The number of hydrogen-bond donors (Lipinski definition) is 2. The Hall–Kier alpha value is -3.61. The molecule has 0 aliphatic rings. The molecule has 0 aliphatic carbocycles. The van der Waals surface area contributed by atoms with Gasteiger partial charge in [0.05, 0.1) is 10.5 Å². The van der Waals surface area contributed by atoms with Crippen LogP contribution in [0, 0.1) is 13.8 Å². The zero-order valence-corrected chi connectivity index (χ0v) is 25.8. The van der Waals surface area contributed by atoms with Crippen LogP contribution in [0.5, 0.6) is 0 Å². The van der Waals surface area contributed by atoms with E-state index < -0.39 is 15.9 Å². The molecule has 9 nitrogen and oxygen atoms in total. The Morgan fingerprint density at radius 3 is 2.22 bits per heavy atom. The van der Waals surface area contributed by atoms with Crippen LogP contribution in [0.4, 0.5) is 11.6 Å². The van der Waals surface area contributed by atoms with Gasteiger partial charge in [0.1, 0.15) is 6.54 Å². The molecule has 0 radical (unpaired) electrons. The second-order valence-corrected chi connectivity index (χ2v) is 11.9. The Kier molecular flexibility index (Phi) is 11.6. The fourth-order valence-electron chi connectivity index (χ4n) is 3.93. The number of aromatic nitrogens is 3. The molecule has 0 aliphatic heterocycles. The third kappa shape index (κ3) is 9.48. The standard InChI is InChI=1S/C29H29N5O4S2.BrH/c1-21-20-22(2)31-29(30-21)33-40(37,38)24-15-13-23(14-16-24)32-28(36)25-10-4-5-11-26(25)39-27(35)12-6-9-19-34-17-7-3-8-18-34;/h3-5,7-8,10-11,13-18,20H,6,9,12,19H2,1-2H3,(H-,30,31,32,33,36);1H. The molecular weight excluding hydrogens is 626 g/mol. The van der Waals surface area contributed by atoms with Gasteiger partial charge in [-0.05, 0) is 62.7 Å². The minimum absolute atomic E-state index is 0. The number of nitrogens with one attached hydrogen (secondary N) is 2. The Bertz CT molecular complexity index is 1580. The summed E-state index contributed by atoms with van der Waals surface area (Å²) in [5, 5.41) is 2.77. The summed E-state index contributed by atoms with van der Waals surface area (Å²) in [4.78, 5) is 34.4. The van der Waals surface area contributed by atoms with E-state index in [0.29, 0.717) is 34.0 Å². The Labute approximate surface area is 254 Å². The van der Waals surface area contributed by atoms with Gasteiger partial charge in [0.25, 0.3) is 15.9 Å². The number of sulfonamides is 1. The second-order valence-electron chi connectivity index (χ2n) is 9.10. The molecule has 4 rings (SSSR count). The molecule has 0 unspecified atom stereocenters. The number of pyridine rings is 1. The van der Waals surface area contributed by atoms with Crippen molar-refractivity contribution >= 4 is 44.4 Å². The highest BCUT2D eigenvalue weighted by atomic mass is 79.9. The predicted molar refractivity (Wildman–Crippen MR) is 155 cm³/mol. The highest BCUT2D eigenvalue weighted by Crippen LogP contribution is 2.26. The summed E-state index contributed by atoms with van der Waals surface area (Å²) in [7, 11) is -3.92. The van der Waals surface area contributed by atoms with Gasteiger partial charge >= 0.3 is 0 Å². The maximum absolute atomic E-state index is 13.0. The van der Waals surface area contributed by atoms with Crippen LogP contribution in [0.15, 0.2) is 95.0 Å². The van der Waals surface area contributed by atoms with E-state index >= 15 is 0 Å². The Balaban J connectivity index is 0.00000462. The monoisotopic (exact) mass is 655 g/mol. The number of hydrogen-bond acceptors (Lipinski definition) is 7. The molecule has 0 saturated carbocycles. The summed E-state index contributed by atoms with van der Waals surface area (Å²) in [6, 6.07) is 20.3. The van der Waals surface area contributed by atoms with Crippen molar-refractivity contribution in [3.05, 3.63) is 102 Å². The predicted octanol–water partition coefficient (Wildman–Crippen LogP) is 1.93. The van der Waals surface area contributed by atoms with Crippen molar-refractivity contribution in [2.75, 3.05) is 10.0 Å². The number of unbranched alkanes of at least 4 members (excludes halogenated alkanes) is 1. The normalized spacial score (nSPS) is 10.9. The lowest BCUT2D eigenvalue weighted by Crippen LogP contribution is -3.00. The van der Waals surface area contributed by atoms with Gasteiger partial charge in [0.15, 0.2) is 17.5 Å². The van der Waals surface area contributed by atoms with Crippen LogP contribution in [-0.2, 0) is 21.4 Å². The average molecular weight is 657 g/mol. The van der Waals surface area contributed by atoms with Gasteiger partial charge in [-0.15, -0.1) is 0 Å². The lowest BCUT2D eigenvalue weighted by molar-refractivity contribution is -0.697. The van der Waals surface area contributed by atoms with E-state index in [1.807, 2.05) is 30.6 Å². The summed E-state index contributed by atoms with van der Waals surface area (Å²) < 4.78 is 30.0. The zero-order chi connectivity index (χ0) is 28.5. The van der Waals surface area contributed by atoms with E-state index in [0.717, 1.165) is 31.1 Å². The summed E-state index contributed by atoms with van der Waals surface area (Å²) in [6.07, 6.45) is 6.03. The van der Waals surface area contributed by atoms with Crippen LogP contribution in [0.25, 0.3) is 0 Å². The first kappa shape index (κ1) is 31.9. The third-order valence-corrected chi connectivity index (χ3v) is 8.16. The molecule has 2 aromatic heterocycles. The second kappa shape index (κ2) is 14.9. The van der Waals surface area contributed by atoms with E-state index in [1.54, 1.807) is 44.2 Å². The van der Waals surface area contributed by atoms with E-state index in [1.165, 1.54) is 24.3 Å². The zero-order valence-electron chi connectivity index (χ0n) is 22.6. The van der Waals surface area contributed by atoms with Crippen LogP contribution in [0.2, 0.25) is 0 Å². The number of carbonyl (C=O) groups is 2. The maximum atomic E-state index is 13.0. The van der Waals surface area contributed by atoms with Crippen molar-refractivity contribution in [1.29, 1.82) is 0 Å². The number of rotatable bonds is 11. The molecule has 0 spiro atoms. The molecule has 12 heteroatoms. The number of benzene rings is 2. The van der Waals surface area contributed by atoms with Crippen LogP contribution in [-0.4, -0.2) is 29.4 Å². The van der Waals surface area contributed by atoms with E-state index in [2.05, 4.69) is 24.6 Å². The summed E-state index contributed by atoms with van der Waals surface area (Å²) in [5.74, 6) is -0.401. The summed E-state index contributed by atoms with van der Waals surface area (Å²) in [6.45, 7) is 4.35. The first-order valence-electron chi connectivity index (χ1n) is 12.7. The fourth-order valence-corrected chi connectivity index (χ4v) is 5.78. The molecule has 214 valence electrons. The minimum Gasteiger partial charge on any atom is -1.00 e. The fraction of sp³-hybridized carbons (Fsp3) is 0.207. The van der Waals surface area contributed by atoms with E-state index in [4.69, 9.17) is 0 Å². The smallest absolute Gasteiger partial charge is 0.264 e. The maximum Gasteiger partial charge on any atom is 0.264 e. The van der Waals surface area contributed by atoms with Gasteiger partial charge in [-0.1, -0.05) is 30.0 Å². The number of aryl methyl sites for hydroxylation is 3. The largest absolute Gasteiger partial charge is 1.00 e. The van der Waals surface area contributed by atoms with Gasteiger partial charge in [-0.3, -0.25) is 9.59 Å². The van der Waals surface area contributed by atoms with Crippen LogP contribution >= 0.6 is 11.8 Å². The van der Waals surface area contributed by atoms with Crippen molar-refractivity contribution in [2.45, 2.75) is 49.4 Å². The van der Waals surface area contributed by atoms with Crippen LogP contribution < -0.4 is 31.6 Å². The van der Waals surface area contributed by atoms with Gasteiger partial charge in [-0.25, -0.2) is 27.7 Å². The molecule has 0 atom stereocenters.